The summed E-state index contributed by atoms with van der Waals surface area (Å²) in [6, 6.07) is 15.0. The fourth-order valence-electron chi connectivity index (χ4n) is 3.83. The van der Waals surface area contributed by atoms with E-state index in [1.54, 1.807) is 0 Å². The molecule has 2 N–H and O–H groups in total. The predicted octanol–water partition coefficient (Wildman–Crippen LogP) is 5.42. The number of carbonyl (C=O) groups is 1. The molecule has 2 aromatic carbocycles. The van der Waals surface area contributed by atoms with Crippen molar-refractivity contribution < 1.29 is 23.7 Å². The maximum Gasteiger partial charge on any atom is 0.323 e. The van der Waals surface area contributed by atoms with Gasteiger partial charge in [-0.1, -0.05) is 24.3 Å². The molecule has 2 unspecified atom stereocenters. The first-order valence-electron chi connectivity index (χ1n) is 11.5. The van der Waals surface area contributed by atoms with Gasteiger partial charge in [0.05, 0.1) is 13.2 Å². The average Bonchev–Trinajstić information content (AvgIpc) is 2.83. The topological polar surface area (TPSA) is 78.1 Å². The van der Waals surface area contributed by atoms with Crippen molar-refractivity contribution >= 4 is 17.4 Å². The van der Waals surface area contributed by atoms with Crippen LogP contribution < -0.4 is 10.6 Å². The summed E-state index contributed by atoms with van der Waals surface area (Å²) in [5.41, 5.74) is 3.39. The Hall–Kier alpha value is -2.45. The lowest BCUT2D eigenvalue weighted by molar-refractivity contribution is -0.169. The van der Waals surface area contributed by atoms with E-state index in [4.69, 9.17) is 18.9 Å². The van der Waals surface area contributed by atoms with Crippen LogP contribution in [0, 0.1) is 0 Å². The van der Waals surface area contributed by atoms with Crippen LogP contribution in [0.3, 0.4) is 0 Å². The fourth-order valence-corrected chi connectivity index (χ4v) is 3.83. The highest BCUT2D eigenvalue weighted by Crippen LogP contribution is 2.19. The Morgan fingerprint density at radius 2 is 1.28 bits per heavy atom. The highest BCUT2D eigenvalue weighted by Gasteiger charge is 2.15. The third-order valence-corrected chi connectivity index (χ3v) is 5.52. The number of anilines is 2. The minimum atomic E-state index is -0.299. The molecule has 7 heteroatoms. The van der Waals surface area contributed by atoms with Crippen molar-refractivity contribution in [3.05, 3.63) is 59.7 Å². The van der Waals surface area contributed by atoms with Crippen molar-refractivity contribution in [3.8, 4) is 0 Å². The van der Waals surface area contributed by atoms with Crippen LogP contribution in [0.2, 0.25) is 0 Å². The second-order valence-electron chi connectivity index (χ2n) is 8.19. The number of ether oxygens (including phenoxy) is 4. The lowest BCUT2D eigenvalue weighted by Gasteiger charge is -2.22. The van der Waals surface area contributed by atoms with Gasteiger partial charge in [-0.25, -0.2) is 4.79 Å². The predicted molar refractivity (Wildman–Crippen MR) is 122 cm³/mol. The molecule has 0 bridgehead atoms. The van der Waals surface area contributed by atoms with Crippen molar-refractivity contribution in [1.82, 2.24) is 0 Å². The van der Waals surface area contributed by atoms with Crippen LogP contribution in [0.25, 0.3) is 0 Å². The number of nitrogens with one attached hydrogen (secondary N) is 2. The van der Waals surface area contributed by atoms with Gasteiger partial charge >= 0.3 is 6.03 Å². The van der Waals surface area contributed by atoms with E-state index in [1.165, 1.54) is 0 Å². The van der Waals surface area contributed by atoms with Gasteiger partial charge in [0.1, 0.15) is 0 Å². The van der Waals surface area contributed by atoms with E-state index in [2.05, 4.69) is 10.6 Å². The van der Waals surface area contributed by atoms with E-state index < -0.39 is 0 Å². The van der Waals surface area contributed by atoms with E-state index in [9.17, 15) is 4.79 Å². The lowest BCUT2D eigenvalue weighted by Crippen LogP contribution is -2.22. The van der Waals surface area contributed by atoms with E-state index >= 15 is 0 Å². The number of urea groups is 1. The molecular weight excluding hydrogens is 408 g/mol. The second-order valence-corrected chi connectivity index (χ2v) is 8.19. The zero-order valence-corrected chi connectivity index (χ0v) is 18.4. The molecule has 2 aliphatic rings. The number of benzene rings is 2. The molecule has 2 fully saturated rings. The molecule has 0 spiro atoms. The molecule has 32 heavy (non-hydrogen) atoms. The molecule has 2 heterocycles. The van der Waals surface area contributed by atoms with E-state index in [0.717, 1.165) is 62.9 Å². The van der Waals surface area contributed by atoms with Crippen molar-refractivity contribution in [1.29, 1.82) is 0 Å². The van der Waals surface area contributed by atoms with Crippen molar-refractivity contribution in [3.63, 3.8) is 0 Å². The Morgan fingerprint density at radius 3 is 1.72 bits per heavy atom. The Kier molecular flexibility index (Phi) is 8.50. The second kappa shape index (κ2) is 12.0. The van der Waals surface area contributed by atoms with Gasteiger partial charge in [0.15, 0.2) is 12.6 Å². The summed E-state index contributed by atoms with van der Waals surface area (Å²) in [6.45, 7) is 2.42. The van der Waals surface area contributed by atoms with Crippen LogP contribution in [0.4, 0.5) is 16.2 Å². The third-order valence-electron chi connectivity index (χ3n) is 5.52. The number of carbonyl (C=O) groups excluding carboxylic acids is 1. The quantitative estimate of drug-likeness (QED) is 0.573. The van der Waals surface area contributed by atoms with Gasteiger partial charge in [-0.15, -0.1) is 0 Å². The molecule has 0 aromatic heterocycles. The monoisotopic (exact) mass is 440 g/mol. The molecule has 7 nitrogen and oxygen atoms in total. The van der Waals surface area contributed by atoms with Gasteiger partial charge in [-0.05, 0) is 73.9 Å². The van der Waals surface area contributed by atoms with Gasteiger partial charge in [-0.2, -0.15) is 0 Å². The van der Waals surface area contributed by atoms with Crippen molar-refractivity contribution in [2.24, 2.45) is 0 Å². The molecule has 2 aliphatic heterocycles. The molecular formula is C25H32N2O5. The number of hydrogen-bond donors (Lipinski definition) is 2. The summed E-state index contributed by atoms with van der Waals surface area (Å²) in [5, 5.41) is 5.77. The molecule has 2 atom stereocenters. The molecule has 0 saturated carbocycles. The first-order valence-corrected chi connectivity index (χ1v) is 11.5. The Balaban J connectivity index is 1.25. The highest BCUT2D eigenvalue weighted by atomic mass is 16.7. The minimum absolute atomic E-state index is 0.135. The summed E-state index contributed by atoms with van der Waals surface area (Å²) < 4.78 is 22.9. The van der Waals surface area contributed by atoms with Gasteiger partial charge < -0.3 is 29.6 Å². The summed E-state index contributed by atoms with van der Waals surface area (Å²) in [7, 11) is 0. The first kappa shape index (κ1) is 22.7. The number of rotatable bonds is 8. The van der Waals surface area contributed by atoms with Crippen molar-refractivity contribution in [2.75, 3.05) is 23.8 Å². The molecule has 0 aliphatic carbocycles. The Morgan fingerprint density at radius 1 is 0.781 bits per heavy atom. The summed E-state index contributed by atoms with van der Waals surface area (Å²) in [4.78, 5) is 12.5. The molecule has 2 saturated heterocycles. The molecule has 2 amide bonds. The normalized spacial score (nSPS) is 21.1. The van der Waals surface area contributed by atoms with E-state index in [-0.39, 0.29) is 18.6 Å². The van der Waals surface area contributed by atoms with Gasteiger partial charge in [0, 0.05) is 24.6 Å². The minimum Gasteiger partial charge on any atom is -0.353 e. The summed E-state index contributed by atoms with van der Waals surface area (Å²) in [5.74, 6) is 0. The number of amides is 2. The van der Waals surface area contributed by atoms with E-state index in [1.807, 2.05) is 48.5 Å². The average molecular weight is 441 g/mol. The number of hydrogen-bond acceptors (Lipinski definition) is 5. The molecule has 172 valence electrons. The van der Waals surface area contributed by atoms with E-state index in [0.29, 0.717) is 24.6 Å². The molecule has 4 rings (SSSR count). The first-order chi connectivity index (χ1) is 15.7. The van der Waals surface area contributed by atoms with Crippen LogP contribution >= 0.6 is 0 Å². The Bertz CT molecular complexity index is 793. The third kappa shape index (κ3) is 7.31. The van der Waals surface area contributed by atoms with Crippen molar-refractivity contribution in [2.45, 2.75) is 64.3 Å². The van der Waals surface area contributed by atoms with Gasteiger partial charge in [0.25, 0.3) is 0 Å². The highest BCUT2D eigenvalue weighted by molar-refractivity contribution is 5.99. The fraction of sp³-hybridized carbons (Fsp3) is 0.480. The summed E-state index contributed by atoms with van der Waals surface area (Å²) >= 11 is 0. The maximum absolute atomic E-state index is 12.5. The zero-order chi connectivity index (χ0) is 22.0. The summed E-state index contributed by atoms with van der Waals surface area (Å²) in [6.07, 6.45) is 6.05. The van der Waals surface area contributed by atoms with Gasteiger partial charge in [0.2, 0.25) is 0 Å². The van der Waals surface area contributed by atoms with Gasteiger partial charge in [-0.3, -0.25) is 0 Å². The molecule has 2 aromatic rings. The standard InChI is InChI=1S/C25H32N2O5/c28-25(26-21-9-5-7-19(15-21)17-31-23-11-1-3-13-29-23)27-22-10-6-8-20(16-22)18-32-24-12-2-4-14-30-24/h5-10,15-16,23-24H,1-4,11-14,17-18H2,(H2,26,27,28). The lowest BCUT2D eigenvalue weighted by atomic mass is 10.2. The Labute approximate surface area is 189 Å². The van der Waals surface area contributed by atoms with Crippen LogP contribution in [-0.2, 0) is 32.2 Å². The zero-order valence-electron chi connectivity index (χ0n) is 18.4. The molecule has 0 radical (unpaired) electrons. The largest absolute Gasteiger partial charge is 0.353 e. The van der Waals surface area contributed by atoms with Crippen LogP contribution in [0.15, 0.2) is 48.5 Å². The maximum atomic E-state index is 12.5. The van der Waals surface area contributed by atoms with Crippen LogP contribution in [0.5, 0.6) is 0 Å². The van der Waals surface area contributed by atoms with Crippen LogP contribution in [0.1, 0.15) is 49.7 Å². The SMILES string of the molecule is O=C(Nc1cccc(COC2CCCCO2)c1)Nc1cccc(COC2CCCCO2)c1. The smallest absolute Gasteiger partial charge is 0.323 e. The van der Waals surface area contributed by atoms with Crippen LogP contribution in [-0.4, -0.2) is 31.8 Å².